The molecular formula is C23H33N7O5. The number of likely N-dealkylation sites (tertiary alicyclic amines) is 1. The van der Waals surface area contributed by atoms with E-state index < -0.39 is 30.1 Å². The van der Waals surface area contributed by atoms with Crippen molar-refractivity contribution in [3.05, 3.63) is 30.4 Å². The normalized spacial score (nSPS) is 21.9. The Bertz CT molecular complexity index is 987. The Kier molecular flexibility index (Phi) is 7.39. The number of H-pyrrole nitrogens is 1. The molecule has 5 N–H and O–H groups in total. The third-order valence-corrected chi connectivity index (χ3v) is 6.64. The van der Waals surface area contributed by atoms with Crippen molar-refractivity contribution < 1.29 is 23.9 Å². The molecule has 1 saturated carbocycles. The lowest BCUT2D eigenvalue weighted by Gasteiger charge is -2.43. The van der Waals surface area contributed by atoms with E-state index in [1.54, 1.807) is 11.1 Å². The number of aromatic amines is 1. The van der Waals surface area contributed by atoms with Gasteiger partial charge in [0.15, 0.2) is 6.04 Å². The lowest BCUT2D eigenvalue weighted by molar-refractivity contribution is -0.149. The van der Waals surface area contributed by atoms with E-state index in [9.17, 15) is 19.2 Å². The first-order valence-corrected chi connectivity index (χ1v) is 12.0. The maximum atomic E-state index is 13.8. The SMILES string of the molecule is C=CC(=O)N1CCCC(N(C(=O)[C@H](C)NC(N)=O)C(C(=O)NC2COC2)c2cnc(C3CC3)[nH]2)C1. The molecule has 3 atom stereocenters. The van der Waals surface area contributed by atoms with Crippen LogP contribution in [0.15, 0.2) is 18.9 Å². The molecule has 0 radical (unpaired) electrons. The van der Waals surface area contributed by atoms with Crippen molar-refractivity contribution in [3.63, 3.8) is 0 Å². The summed E-state index contributed by atoms with van der Waals surface area (Å²) < 4.78 is 5.19. The highest BCUT2D eigenvalue weighted by Gasteiger charge is 2.42. The van der Waals surface area contributed by atoms with E-state index in [0.717, 1.165) is 18.7 Å². The van der Waals surface area contributed by atoms with Crippen LogP contribution in [0.1, 0.15) is 56.1 Å². The second-order valence-corrected chi connectivity index (χ2v) is 9.40. The van der Waals surface area contributed by atoms with Crippen LogP contribution >= 0.6 is 0 Å². The number of amides is 5. The molecule has 4 rings (SSSR count). The summed E-state index contributed by atoms with van der Waals surface area (Å²) in [5, 5.41) is 5.38. The molecule has 0 spiro atoms. The number of urea groups is 1. The van der Waals surface area contributed by atoms with Crippen LogP contribution < -0.4 is 16.4 Å². The van der Waals surface area contributed by atoms with Crippen LogP contribution in [0.4, 0.5) is 4.79 Å². The zero-order valence-electron chi connectivity index (χ0n) is 19.9. The summed E-state index contributed by atoms with van der Waals surface area (Å²) in [4.78, 5) is 62.1. The second kappa shape index (κ2) is 10.5. The van der Waals surface area contributed by atoms with Gasteiger partial charge in [0.05, 0.1) is 37.2 Å². The van der Waals surface area contributed by atoms with Gasteiger partial charge >= 0.3 is 6.03 Å². The number of hydrogen-bond acceptors (Lipinski definition) is 6. The monoisotopic (exact) mass is 487 g/mol. The molecule has 0 aromatic carbocycles. The smallest absolute Gasteiger partial charge is 0.312 e. The van der Waals surface area contributed by atoms with Crippen molar-refractivity contribution in [1.82, 2.24) is 30.4 Å². The molecule has 2 unspecified atom stereocenters. The highest BCUT2D eigenvalue weighted by Crippen LogP contribution is 2.39. The van der Waals surface area contributed by atoms with E-state index in [4.69, 9.17) is 10.5 Å². The van der Waals surface area contributed by atoms with Gasteiger partial charge in [0.25, 0.3) is 0 Å². The predicted octanol–water partition coefficient (Wildman–Crippen LogP) is -0.0944. The lowest BCUT2D eigenvalue weighted by Crippen LogP contribution is -2.60. The molecule has 1 aromatic heterocycles. The number of nitrogens with one attached hydrogen (secondary N) is 3. The fraction of sp³-hybridized carbons (Fsp3) is 0.609. The van der Waals surface area contributed by atoms with Crippen molar-refractivity contribution in [2.24, 2.45) is 5.73 Å². The number of primary amides is 1. The zero-order valence-corrected chi connectivity index (χ0v) is 19.9. The first-order valence-electron chi connectivity index (χ1n) is 12.0. The van der Waals surface area contributed by atoms with E-state index in [0.29, 0.717) is 44.2 Å². The molecule has 12 heteroatoms. The minimum Gasteiger partial charge on any atom is -0.377 e. The van der Waals surface area contributed by atoms with Gasteiger partial charge in [-0.1, -0.05) is 6.58 Å². The van der Waals surface area contributed by atoms with E-state index in [2.05, 4.69) is 27.2 Å². The summed E-state index contributed by atoms with van der Waals surface area (Å²) in [6.45, 7) is 6.65. The number of nitrogens with two attached hydrogens (primary N) is 1. The number of carbonyl (C=O) groups is 4. The molecular weight excluding hydrogens is 454 g/mol. The van der Waals surface area contributed by atoms with Gasteiger partial charge in [-0.2, -0.15) is 0 Å². The fourth-order valence-electron chi connectivity index (χ4n) is 4.60. The van der Waals surface area contributed by atoms with Crippen LogP contribution in [-0.4, -0.2) is 87.9 Å². The van der Waals surface area contributed by atoms with Crippen LogP contribution in [0.5, 0.6) is 0 Å². The summed E-state index contributed by atoms with van der Waals surface area (Å²) >= 11 is 0. The van der Waals surface area contributed by atoms with Crippen molar-refractivity contribution in [1.29, 1.82) is 0 Å². The number of piperidine rings is 1. The average molecular weight is 488 g/mol. The van der Waals surface area contributed by atoms with Crippen LogP contribution in [0.2, 0.25) is 0 Å². The average Bonchev–Trinajstić information content (AvgIpc) is 3.55. The number of aromatic nitrogens is 2. The second-order valence-electron chi connectivity index (χ2n) is 9.40. The van der Waals surface area contributed by atoms with E-state index in [-0.39, 0.29) is 24.4 Å². The summed E-state index contributed by atoms with van der Waals surface area (Å²) in [5.74, 6) is 0.0102. The van der Waals surface area contributed by atoms with Gasteiger partial charge in [-0.05, 0) is 38.7 Å². The summed E-state index contributed by atoms with van der Waals surface area (Å²) in [7, 11) is 0. The van der Waals surface area contributed by atoms with Crippen LogP contribution in [0, 0.1) is 0 Å². The Morgan fingerprint density at radius 1 is 1.31 bits per heavy atom. The molecule has 2 aliphatic heterocycles. The van der Waals surface area contributed by atoms with Crippen LogP contribution in [-0.2, 0) is 19.1 Å². The third kappa shape index (κ3) is 5.64. The van der Waals surface area contributed by atoms with Crippen LogP contribution in [0.25, 0.3) is 0 Å². The Labute approximate surface area is 203 Å². The Morgan fingerprint density at radius 2 is 2.06 bits per heavy atom. The molecule has 3 heterocycles. The van der Waals surface area contributed by atoms with Gasteiger partial charge in [-0.15, -0.1) is 0 Å². The minimum atomic E-state index is -1.04. The molecule has 3 aliphatic rings. The molecule has 35 heavy (non-hydrogen) atoms. The minimum absolute atomic E-state index is 0.154. The zero-order chi connectivity index (χ0) is 25.1. The van der Waals surface area contributed by atoms with Crippen molar-refractivity contribution in [3.8, 4) is 0 Å². The van der Waals surface area contributed by atoms with Crippen molar-refractivity contribution >= 4 is 23.8 Å². The molecule has 3 fully saturated rings. The van der Waals surface area contributed by atoms with Gasteiger partial charge in [0.2, 0.25) is 17.7 Å². The van der Waals surface area contributed by atoms with E-state index in [1.165, 1.54) is 17.9 Å². The standard InChI is InChI=1S/C23H33N7O5/c1-3-18(31)29-8-4-5-16(10-29)30(22(33)13(2)26-23(24)34)19(21(32)27-15-11-35-12-15)17-9-25-20(28-17)14-6-7-14/h3,9,13-16,19H,1,4-8,10-12H2,2H3,(H,25,28)(H,27,32)(H3,24,26,34)/t13-,16?,19?/m0/s1. The predicted molar refractivity (Wildman–Crippen MR) is 125 cm³/mol. The number of imidazole rings is 1. The highest BCUT2D eigenvalue weighted by atomic mass is 16.5. The molecule has 12 nitrogen and oxygen atoms in total. The fourth-order valence-corrected chi connectivity index (χ4v) is 4.60. The van der Waals surface area contributed by atoms with Crippen LogP contribution in [0.3, 0.4) is 0 Å². The summed E-state index contributed by atoms with van der Waals surface area (Å²) in [6.07, 6.45) is 6.10. The maximum absolute atomic E-state index is 13.8. The number of rotatable bonds is 9. The van der Waals surface area contributed by atoms with Gasteiger partial charge in [-0.25, -0.2) is 9.78 Å². The first-order chi connectivity index (χ1) is 16.8. The largest absolute Gasteiger partial charge is 0.377 e. The Hall–Kier alpha value is -3.41. The van der Waals surface area contributed by atoms with Gasteiger partial charge in [-0.3, -0.25) is 14.4 Å². The molecule has 2 saturated heterocycles. The quantitative estimate of drug-likeness (QED) is 0.356. The molecule has 190 valence electrons. The Balaban J connectivity index is 1.70. The first kappa shape index (κ1) is 24.7. The number of nitrogens with zero attached hydrogens (tertiary/aromatic N) is 3. The Morgan fingerprint density at radius 3 is 2.66 bits per heavy atom. The van der Waals surface area contributed by atoms with E-state index >= 15 is 0 Å². The van der Waals surface area contributed by atoms with Gasteiger partial charge in [0, 0.05) is 19.0 Å². The topological polar surface area (TPSA) is 163 Å². The summed E-state index contributed by atoms with van der Waals surface area (Å²) in [6, 6.07) is -3.49. The number of ether oxygens (including phenoxy) is 1. The molecule has 0 bridgehead atoms. The number of hydrogen-bond donors (Lipinski definition) is 4. The third-order valence-electron chi connectivity index (χ3n) is 6.64. The lowest BCUT2D eigenvalue weighted by atomic mass is 9.98. The van der Waals surface area contributed by atoms with E-state index in [1.807, 2.05) is 0 Å². The molecule has 1 aromatic rings. The molecule has 5 amide bonds. The van der Waals surface area contributed by atoms with Crippen molar-refractivity contribution in [2.75, 3.05) is 26.3 Å². The van der Waals surface area contributed by atoms with Gasteiger partial charge < -0.3 is 35.9 Å². The summed E-state index contributed by atoms with van der Waals surface area (Å²) in [5.41, 5.74) is 5.76. The highest BCUT2D eigenvalue weighted by molar-refractivity contribution is 5.92. The van der Waals surface area contributed by atoms with Crippen molar-refractivity contribution in [2.45, 2.75) is 62.7 Å². The van der Waals surface area contributed by atoms with Gasteiger partial charge in [0.1, 0.15) is 11.9 Å². The molecule has 1 aliphatic carbocycles. The maximum Gasteiger partial charge on any atom is 0.312 e. The number of carbonyl (C=O) groups excluding carboxylic acids is 4.